The van der Waals surface area contributed by atoms with E-state index in [0.29, 0.717) is 58.3 Å². The van der Waals surface area contributed by atoms with Gasteiger partial charge in [-0.15, -0.1) is 0 Å². The van der Waals surface area contributed by atoms with Crippen molar-refractivity contribution in [3.8, 4) is 28.8 Å². The Morgan fingerprint density at radius 3 is 2.54 bits per heavy atom. The second kappa shape index (κ2) is 10.5. The highest BCUT2D eigenvalue weighted by Crippen LogP contribution is 2.34. The molecule has 0 radical (unpaired) electrons. The molecule has 188 valence electrons. The lowest BCUT2D eigenvalue weighted by molar-refractivity contribution is 0.321. The van der Waals surface area contributed by atoms with Gasteiger partial charge in [-0.1, -0.05) is 18.2 Å². The van der Waals surface area contributed by atoms with Crippen molar-refractivity contribution in [2.24, 2.45) is 5.10 Å². The van der Waals surface area contributed by atoms with E-state index in [1.165, 1.54) is 4.68 Å². The SMILES string of the molecule is CCOc1cc(OCC)c(C=Nn2c(-c3cc4c(OC)cccc4o3)nc3ccccc3c2=O)cc1Br. The van der Waals surface area contributed by atoms with Gasteiger partial charge in [-0.2, -0.15) is 9.78 Å². The number of para-hydroxylation sites is 1. The van der Waals surface area contributed by atoms with Crippen molar-refractivity contribution in [3.05, 3.63) is 81.1 Å². The summed E-state index contributed by atoms with van der Waals surface area (Å²) >= 11 is 3.54. The molecule has 0 fully saturated rings. The molecule has 37 heavy (non-hydrogen) atoms. The molecule has 0 aliphatic carbocycles. The molecule has 2 heterocycles. The normalized spacial score (nSPS) is 11.5. The topological polar surface area (TPSA) is 88.1 Å². The van der Waals surface area contributed by atoms with E-state index in [0.717, 1.165) is 9.86 Å². The molecule has 0 unspecified atom stereocenters. The van der Waals surface area contributed by atoms with Crippen LogP contribution in [0.3, 0.4) is 0 Å². The Bertz CT molecular complexity index is 1690. The zero-order valence-electron chi connectivity index (χ0n) is 20.5. The van der Waals surface area contributed by atoms with Gasteiger partial charge in [0.15, 0.2) is 5.76 Å². The number of nitrogens with zero attached hydrogens (tertiary/aromatic N) is 3. The quantitative estimate of drug-likeness (QED) is 0.208. The number of hydrogen-bond acceptors (Lipinski definition) is 7. The molecule has 0 bridgehead atoms. The summed E-state index contributed by atoms with van der Waals surface area (Å²) in [6, 6.07) is 18.1. The summed E-state index contributed by atoms with van der Waals surface area (Å²) in [5.41, 5.74) is 1.49. The number of aromatic nitrogens is 2. The van der Waals surface area contributed by atoms with E-state index in [-0.39, 0.29) is 11.4 Å². The van der Waals surface area contributed by atoms with E-state index in [1.54, 1.807) is 43.7 Å². The van der Waals surface area contributed by atoms with Crippen molar-refractivity contribution in [1.82, 2.24) is 9.66 Å². The smallest absolute Gasteiger partial charge is 0.282 e. The molecule has 2 aromatic heterocycles. The third-order valence-electron chi connectivity index (χ3n) is 5.69. The Kier molecular flexibility index (Phi) is 6.96. The van der Waals surface area contributed by atoms with Gasteiger partial charge in [-0.25, -0.2) is 4.98 Å². The summed E-state index contributed by atoms with van der Waals surface area (Å²) in [4.78, 5) is 18.3. The fourth-order valence-electron chi connectivity index (χ4n) is 4.03. The molecular weight excluding hydrogens is 538 g/mol. The maximum absolute atomic E-state index is 13.6. The van der Waals surface area contributed by atoms with Crippen LogP contribution in [0, 0.1) is 0 Å². The first-order valence-corrected chi connectivity index (χ1v) is 12.6. The summed E-state index contributed by atoms with van der Waals surface area (Å²) in [6.07, 6.45) is 1.57. The Labute approximate surface area is 221 Å². The third-order valence-corrected chi connectivity index (χ3v) is 6.31. The largest absolute Gasteiger partial charge is 0.496 e. The molecule has 3 aromatic carbocycles. The van der Waals surface area contributed by atoms with Crippen molar-refractivity contribution in [3.63, 3.8) is 0 Å². The van der Waals surface area contributed by atoms with Gasteiger partial charge in [0, 0.05) is 11.6 Å². The third kappa shape index (κ3) is 4.70. The Morgan fingerprint density at radius 2 is 1.76 bits per heavy atom. The molecule has 0 N–H and O–H groups in total. The van der Waals surface area contributed by atoms with E-state index in [1.807, 2.05) is 44.2 Å². The van der Waals surface area contributed by atoms with Crippen molar-refractivity contribution >= 4 is 44.0 Å². The van der Waals surface area contributed by atoms with E-state index >= 15 is 0 Å². The summed E-state index contributed by atoms with van der Waals surface area (Å²) < 4.78 is 25.0. The van der Waals surface area contributed by atoms with Crippen LogP contribution >= 0.6 is 15.9 Å². The summed E-state index contributed by atoms with van der Waals surface area (Å²) in [6.45, 7) is 4.78. The second-order valence-corrected chi connectivity index (χ2v) is 8.84. The molecule has 5 aromatic rings. The van der Waals surface area contributed by atoms with E-state index in [4.69, 9.17) is 23.6 Å². The second-order valence-electron chi connectivity index (χ2n) is 7.98. The minimum Gasteiger partial charge on any atom is -0.496 e. The van der Waals surface area contributed by atoms with Gasteiger partial charge in [0.05, 0.1) is 47.3 Å². The van der Waals surface area contributed by atoms with Crippen LogP contribution in [0.4, 0.5) is 0 Å². The fourth-order valence-corrected chi connectivity index (χ4v) is 4.51. The van der Waals surface area contributed by atoms with E-state index in [9.17, 15) is 4.79 Å². The van der Waals surface area contributed by atoms with Crippen molar-refractivity contribution in [2.45, 2.75) is 13.8 Å². The van der Waals surface area contributed by atoms with Gasteiger partial charge in [-0.05, 0) is 66.2 Å². The predicted octanol–water partition coefficient (Wildman–Crippen LogP) is 6.26. The molecule has 5 rings (SSSR count). The molecular formula is C28H24BrN3O5. The van der Waals surface area contributed by atoms with Crippen LogP contribution in [0.1, 0.15) is 19.4 Å². The number of ether oxygens (including phenoxy) is 3. The molecule has 9 heteroatoms. The number of hydrogen-bond donors (Lipinski definition) is 0. The average Bonchev–Trinajstić information content (AvgIpc) is 3.35. The zero-order chi connectivity index (χ0) is 25.9. The lowest BCUT2D eigenvalue weighted by atomic mass is 10.2. The molecule has 0 saturated carbocycles. The minimum absolute atomic E-state index is 0.265. The highest BCUT2D eigenvalue weighted by Gasteiger charge is 2.18. The number of rotatable bonds is 8. The van der Waals surface area contributed by atoms with Crippen LogP contribution in [0.2, 0.25) is 0 Å². The Morgan fingerprint density at radius 1 is 0.973 bits per heavy atom. The van der Waals surface area contributed by atoms with Crippen molar-refractivity contribution in [1.29, 1.82) is 0 Å². The maximum Gasteiger partial charge on any atom is 0.282 e. The molecule has 0 spiro atoms. The van der Waals surface area contributed by atoms with Gasteiger partial charge < -0.3 is 18.6 Å². The Balaban J connectivity index is 1.70. The van der Waals surface area contributed by atoms with Crippen LogP contribution in [-0.4, -0.2) is 36.2 Å². The lowest BCUT2D eigenvalue weighted by Crippen LogP contribution is -2.20. The van der Waals surface area contributed by atoms with Gasteiger partial charge in [-0.3, -0.25) is 4.79 Å². The van der Waals surface area contributed by atoms with Crippen LogP contribution in [0.5, 0.6) is 17.2 Å². The summed E-state index contributed by atoms with van der Waals surface area (Å²) in [5.74, 6) is 2.55. The summed E-state index contributed by atoms with van der Waals surface area (Å²) in [7, 11) is 1.60. The summed E-state index contributed by atoms with van der Waals surface area (Å²) in [5, 5.41) is 5.77. The highest BCUT2D eigenvalue weighted by atomic mass is 79.9. The van der Waals surface area contributed by atoms with Gasteiger partial charge in [0.1, 0.15) is 22.8 Å². The number of halogens is 1. The number of benzene rings is 3. The van der Waals surface area contributed by atoms with Crippen molar-refractivity contribution in [2.75, 3.05) is 20.3 Å². The molecule has 0 atom stereocenters. The number of furan rings is 1. The fraction of sp³-hybridized carbons (Fsp3) is 0.179. The maximum atomic E-state index is 13.6. The molecule has 0 saturated heterocycles. The van der Waals surface area contributed by atoms with Crippen LogP contribution in [-0.2, 0) is 0 Å². The first-order valence-electron chi connectivity index (χ1n) is 11.8. The Hall–Kier alpha value is -4.11. The predicted molar refractivity (Wildman–Crippen MR) is 147 cm³/mol. The highest BCUT2D eigenvalue weighted by molar-refractivity contribution is 9.10. The van der Waals surface area contributed by atoms with Crippen LogP contribution < -0.4 is 19.8 Å². The van der Waals surface area contributed by atoms with Crippen molar-refractivity contribution < 1.29 is 18.6 Å². The monoisotopic (exact) mass is 561 g/mol. The van der Waals surface area contributed by atoms with Crippen LogP contribution in [0.25, 0.3) is 33.5 Å². The van der Waals surface area contributed by atoms with Gasteiger partial charge in [0.2, 0.25) is 5.82 Å². The van der Waals surface area contributed by atoms with E-state index in [2.05, 4.69) is 21.0 Å². The average molecular weight is 562 g/mol. The van der Waals surface area contributed by atoms with Gasteiger partial charge >= 0.3 is 0 Å². The zero-order valence-corrected chi connectivity index (χ0v) is 22.1. The first kappa shape index (κ1) is 24.6. The molecule has 8 nitrogen and oxygen atoms in total. The number of methoxy groups -OCH3 is 1. The molecule has 0 aliphatic rings. The lowest BCUT2D eigenvalue weighted by Gasteiger charge is -2.12. The van der Waals surface area contributed by atoms with Crippen LogP contribution in [0.15, 0.2) is 79.4 Å². The standard InChI is InChI=1S/C28H24BrN3O5/c1-4-35-24-15-25(36-5-2)20(29)13-17(24)16-30-32-27(31-21-10-7-6-9-18(21)28(32)33)26-14-19-22(34-3)11-8-12-23(19)37-26/h6-16H,4-5H2,1-3H3. The minimum atomic E-state index is -0.327. The number of fused-ring (bicyclic) bond motifs is 2. The molecule has 0 amide bonds. The first-order chi connectivity index (χ1) is 18.0. The molecule has 0 aliphatic heterocycles. The van der Waals surface area contributed by atoms with Gasteiger partial charge in [0.25, 0.3) is 5.56 Å². The van der Waals surface area contributed by atoms with E-state index < -0.39 is 0 Å².